The SMILES string of the molecule is COc1cc(OC)c2c(c1)O[C@@]1(c3ccc(Br)cc3)[C@H](c3ccccc3)[C@@H](C(=O)NS(=O)(=O)N3CCCC3)[C@@H](O)[C@@]21O. The standard InChI is InChI=1S/C30H31BrN2O8S/c1-39-21-16-22(40-2)26-23(17-21)41-30(19-10-12-20(31)13-11-19)25(18-8-4-3-5-9-18)24(27(34)29(26,30)36)28(35)32-42(37,38)33-14-6-7-15-33/h3-5,8-13,16-17,24-25,27,34,36H,6-7,14-15H2,1-2H3,(H,32,35)/t24-,25-,27-,29+,30+/m1/s1. The number of aliphatic hydroxyl groups excluding tert-OH is 1. The number of nitrogens with zero attached hydrogens (tertiary/aromatic N) is 1. The Hall–Kier alpha value is -3.16. The maximum absolute atomic E-state index is 14.1. The summed E-state index contributed by atoms with van der Waals surface area (Å²) in [7, 11) is -1.29. The number of aliphatic hydroxyl groups is 2. The average Bonchev–Trinajstić information content (AvgIpc) is 3.66. The van der Waals surface area contributed by atoms with Gasteiger partial charge in [-0.15, -0.1) is 0 Å². The van der Waals surface area contributed by atoms with Crippen molar-refractivity contribution in [3.63, 3.8) is 0 Å². The Labute approximate surface area is 252 Å². The zero-order valence-corrected chi connectivity index (χ0v) is 25.4. The van der Waals surface area contributed by atoms with Crippen molar-refractivity contribution in [2.75, 3.05) is 27.3 Å². The summed E-state index contributed by atoms with van der Waals surface area (Å²) >= 11 is 3.46. The molecule has 1 aliphatic carbocycles. The number of amides is 1. The summed E-state index contributed by atoms with van der Waals surface area (Å²) in [6, 6.07) is 19.1. The molecule has 0 aromatic heterocycles. The molecule has 3 N–H and O–H groups in total. The van der Waals surface area contributed by atoms with Gasteiger partial charge < -0.3 is 24.4 Å². The third-order valence-electron chi connectivity index (χ3n) is 8.65. The first-order chi connectivity index (χ1) is 20.1. The molecule has 3 aromatic carbocycles. The van der Waals surface area contributed by atoms with Gasteiger partial charge in [-0.2, -0.15) is 12.7 Å². The fourth-order valence-electron chi connectivity index (χ4n) is 6.84. The molecule has 0 spiro atoms. The highest BCUT2D eigenvalue weighted by molar-refractivity contribution is 9.10. The monoisotopic (exact) mass is 658 g/mol. The zero-order valence-electron chi connectivity index (χ0n) is 23.0. The molecule has 12 heteroatoms. The molecule has 1 amide bonds. The van der Waals surface area contributed by atoms with Gasteiger partial charge in [0.15, 0.2) is 11.2 Å². The van der Waals surface area contributed by atoms with Crippen LogP contribution in [0.5, 0.6) is 17.2 Å². The third kappa shape index (κ3) is 4.15. The highest BCUT2D eigenvalue weighted by Gasteiger charge is 2.78. The van der Waals surface area contributed by atoms with E-state index < -0.39 is 45.3 Å². The first kappa shape index (κ1) is 28.9. The van der Waals surface area contributed by atoms with Crippen LogP contribution in [0.25, 0.3) is 0 Å². The number of ether oxygens (including phenoxy) is 3. The van der Waals surface area contributed by atoms with Crippen LogP contribution >= 0.6 is 15.9 Å². The lowest BCUT2D eigenvalue weighted by Crippen LogP contribution is -2.52. The van der Waals surface area contributed by atoms with Crippen molar-refractivity contribution >= 4 is 32.0 Å². The van der Waals surface area contributed by atoms with Crippen LogP contribution in [0.2, 0.25) is 0 Å². The van der Waals surface area contributed by atoms with Crippen molar-refractivity contribution in [3.05, 3.63) is 87.9 Å². The van der Waals surface area contributed by atoms with Crippen LogP contribution in [-0.2, 0) is 26.2 Å². The van der Waals surface area contributed by atoms with Gasteiger partial charge in [-0.25, -0.2) is 4.72 Å². The molecular weight excluding hydrogens is 628 g/mol. The number of carbonyl (C=O) groups excluding carboxylic acids is 1. The molecule has 10 nitrogen and oxygen atoms in total. The lowest BCUT2D eigenvalue weighted by Gasteiger charge is -2.40. The molecule has 3 aromatic rings. The topological polar surface area (TPSA) is 135 Å². The minimum atomic E-state index is -4.19. The number of rotatable bonds is 7. The van der Waals surface area contributed by atoms with Crippen LogP contribution in [0.15, 0.2) is 71.2 Å². The minimum absolute atomic E-state index is 0.139. The van der Waals surface area contributed by atoms with Crippen LogP contribution in [0.1, 0.15) is 35.4 Å². The summed E-state index contributed by atoms with van der Waals surface area (Å²) in [5.41, 5.74) is -2.87. The number of nitrogens with one attached hydrogen (secondary N) is 1. The van der Waals surface area contributed by atoms with Crippen LogP contribution in [0, 0.1) is 5.92 Å². The smallest absolute Gasteiger partial charge is 0.303 e. The number of hydrogen-bond acceptors (Lipinski definition) is 8. The average molecular weight is 660 g/mol. The predicted molar refractivity (Wildman–Crippen MR) is 156 cm³/mol. The molecule has 5 atom stereocenters. The van der Waals surface area contributed by atoms with Crippen LogP contribution in [0.3, 0.4) is 0 Å². The lowest BCUT2D eigenvalue weighted by molar-refractivity contribution is -0.154. The summed E-state index contributed by atoms with van der Waals surface area (Å²) in [4.78, 5) is 14.1. The predicted octanol–water partition coefficient (Wildman–Crippen LogP) is 3.17. The van der Waals surface area contributed by atoms with E-state index in [1.165, 1.54) is 18.5 Å². The van der Waals surface area contributed by atoms with Gasteiger partial charge in [0.2, 0.25) is 5.91 Å². The van der Waals surface area contributed by atoms with Crippen molar-refractivity contribution in [1.82, 2.24) is 9.03 Å². The Kier molecular flexibility index (Phi) is 7.25. The molecule has 42 heavy (non-hydrogen) atoms. The van der Waals surface area contributed by atoms with Gasteiger partial charge >= 0.3 is 10.2 Å². The minimum Gasteiger partial charge on any atom is -0.496 e. The highest BCUT2D eigenvalue weighted by atomic mass is 79.9. The van der Waals surface area contributed by atoms with E-state index in [4.69, 9.17) is 14.2 Å². The second kappa shape index (κ2) is 10.5. The van der Waals surface area contributed by atoms with E-state index in [1.807, 2.05) is 0 Å². The maximum Gasteiger partial charge on any atom is 0.303 e. The highest BCUT2D eigenvalue weighted by Crippen LogP contribution is 2.70. The van der Waals surface area contributed by atoms with Gasteiger partial charge in [0.25, 0.3) is 0 Å². The van der Waals surface area contributed by atoms with Crippen molar-refractivity contribution < 1.29 is 37.6 Å². The summed E-state index contributed by atoms with van der Waals surface area (Å²) in [6.07, 6.45) is -0.439. The Morgan fingerprint density at radius 2 is 1.71 bits per heavy atom. The van der Waals surface area contributed by atoms with Gasteiger partial charge in [0, 0.05) is 35.6 Å². The van der Waals surface area contributed by atoms with Gasteiger partial charge in [0.1, 0.15) is 23.4 Å². The molecular formula is C30H31BrN2O8S. The molecule has 222 valence electrons. The molecule has 3 aliphatic rings. The largest absolute Gasteiger partial charge is 0.496 e. The first-order valence-electron chi connectivity index (χ1n) is 13.6. The maximum atomic E-state index is 14.1. The molecule has 0 unspecified atom stereocenters. The van der Waals surface area contributed by atoms with Crippen LogP contribution < -0.4 is 18.9 Å². The Morgan fingerprint density at radius 3 is 2.33 bits per heavy atom. The van der Waals surface area contributed by atoms with Crippen molar-refractivity contribution in [2.24, 2.45) is 5.92 Å². The molecule has 1 saturated heterocycles. The van der Waals surface area contributed by atoms with Gasteiger partial charge in [-0.05, 0) is 36.1 Å². The number of halogens is 1. The van der Waals surface area contributed by atoms with E-state index in [9.17, 15) is 23.4 Å². The quantitative estimate of drug-likeness (QED) is 0.352. The number of hydrogen-bond donors (Lipinski definition) is 3. The van der Waals surface area contributed by atoms with E-state index in [0.717, 1.165) is 4.47 Å². The first-order valence-corrected chi connectivity index (χ1v) is 15.8. The summed E-state index contributed by atoms with van der Waals surface area (Å²) in [5, 5.41) is 25.1. The second-order valence-corrected chi connectivity index (χ2v) is 13.3. The van der Waals surface area contributed by atoms with Crippen molar-refractivity contribution in [2.45, 2.75) is 36.1 Å². The number of methoxy groups -OCH3 is 2. The zero-order chi connectivity index (χ0) is 29.9. The number of fused-ring (bicyclic) bond motifs is 3. The van der Waals surface area contributed by atoms with Crippen molar-refractivity contribution in [1.29, 1.82) is 0 Å². The third-order valence-corrected chi connectivity index (χ3v) is 10.7. The molecule has 2 heterocycles. The van der Waals surface area contributed by atoms with E-state index in [-0.39, 0.29) is 17.1 Å². The summed E-state index contributed by atoms with van der Waals surface area (Å²) in [6.45, 7) is 0.584. The molecule has 0 bridgehead atoms. The molecule has 6 rings (SSSR count). The lowest BCUT2D eigenvalue weighted by atomic mass is 9.70. The van der Waals surface area contributed by atoms with Crippen LogP contribution in [0.4, 0.5) is 0 Å². The van der Waals surface area contributed by atoms with Crippen molar-refractivity contribution in [3.8, 4) is 17.2 Å². The summed E-state index contributed by atoms with van der Waals surface area (Å²) in [5.74, 6) is -2.64. The molecule has 2 aliphatic heterocycles. The normalized spacial score (nSPS) is 28.5. The fourth-order valence-corrected chi connectivity index (χ4v) is 8.36. The van der Waals surface area contributed by atoms with E-state index in [0.29, 0.717) is 42.8 Å². The molecule has 0 radical (unpaired) electrons. The summed E-state index contributed by atoms with van der Waals surface area (Å²) < 4.78 is 48.5. The van der Waals surface area contributed by atoms with Gasteiger partial charge in [0.05, 0.1) is 25.7 Å². The Bertz CT molecular complexity index is 1610. The Morgan fingerprint density at radius 1 is 1.05 bits per heavy atom. The number of carbonyl (C=O) groups is 1. The van der Waals surface area contributed by atoms with Gasteiger partial charge in [-0.3, -0.25) is 4.79 Å². The van der Waals surface area contributed by atoms with E-state index >= 15 is 0 Å². The van der Waals surface area contributed by atoms with Crippen LogP contribution in [-0.4, -0.2) is 62.3 Å². The Balaban J connectivity index is 1.61. The fraction of sp³-hybridized carbons (Fsp3) is 0.367. The van der Waals surface area contributed by atoms with E-state index in [1.54, 1.807) is 66.7 Å². The van der Waals surface area contributed by atoms with E-state index in [2.05, 4.69) is 20.7 Å². The number of benzene rings is 3. The second-order valence-electron chi connectivity index (χ2n) is 10.8. The molecule has 1 saturated carbocycles. The van der Waals surface area contributed by atoms with Gasteiger partial charge in [-0.1, -0.05) is 58.4 Å². The molecule has 2 fully saturated rings.